The SMILES string of the molecule is CCC12CCC(C1)C2. The van der Waals surface area contributed by atoms with E-state index in [9.17, 15) is 0 Å². The number of rotatable bonds is 1. The Hall–Kier alpha value is 0. The molecule has 46 valence electrons. The zero-order valence-corrected chi connectivity index (χ0v) is 5.61. The molecule has 0 aliphatic heterocycles. The first-order valence-electron chi connectivity index (χ1n) is 3.85. The predicted octanol–water partition coefficient (Wildman–Crippen LogP) is 2.59. The molecule has 3 fully saturated rings. The minimum atomic E-state index is 0.880. The van der Waals surface area contributed by atoms with Crippen molar-refractivity contribution in [2.45, 2.75) is 39.0 Å². The van der Waals surface area contributed by atoms with Gasteiger partial charge in [0, 0.05) is 0 Å². The van der Waals surface area contributed by atoms with Crippen LogP contribution in [0.3, 0.4) is 0 Å². The van der Waals surface area contributed by atoms with Crippen LogP contribution in [0.5, 0.6) is 0 Å². The van der Waals surface area contributed by atoms with Crippen LogP contribution < -0.4 is 0 Å². The highest BCUT2D eigenvalue weighted by Crippen LogP contribution is 2.60. The van der Waals surface area contributed by atoms with Crippen molar-refractivity contribution in [1.29, 1.82) is 0 Å². The van der Waals surface area contributed by atoms with Crippen molar-refractivity contribution in [2.24, 2.45) is 11.3 Å². The minimum Gasteiger partial charge on any atom is -0.0649 e. The summed E-state index contributed by atoms with van der Waals surface area (Å²) in [5.41, 5.74) is 0.880. The topological polar surface area (TPSA) is 0 Å². The zero-order chi connectivity index (χ0) is 5.61. The van der Waals surface area contributed by atoms with Gasteiger partial charge in [-0.3, -0.25) is 0 Å². The Morgan fingerprint density at radius 3 is 2.50 bits per heavy atom. The quantitative estimate of drug-likeness (QED) is 0.486. The third-order valence-electron chi connectivity index (χ3n) is 3.28. The van der Waals surface area contributed by atoms with E-state index in [-0.39, 0.29) is 0 Å². The summed E-state index contributed by atoms with van der Waals surface area (Å²) in [6.45, 7) is 2.35. The fourth-order valence-corrected chi connectivity index (χ4v) is 2.55. The molecular formula is C8H14. The molecule has 0 saturated heterocycles. The molecule has 0 heterocycles. The Labute approximate surface area is 51.3 Å². The van der Waals surface area contributed by atoms with Crippen molar-refractivity contribution < 1.29 is 0 Å². The van der Waals surface area contributed by atoms with Gasteiger partial charge in [-0.1, -0.05) is 13.3 Å². The van der Waals surface area contributed by atoms with Crippen LogP contribution in [0.4, 0.5) is 0 Å². The van der Waals surface area contributed by atoms with Gasteiger partial charge in [0.05, 0.1) is 0 Å². The monoisotopic (exact) mass is 110 g/mol. The molecule has 0 spiro atoms. The first-order valence-corrected chi connectivity index (χ1v) is 3.85. The van der Waals surface area contributed by atoms with E-state index >= 15 is 0 Å². The van der Waals surface area contributed by atoms with Crippen LogP contribution in [0.1, 0.15) is 39.0 Å². The van der Waals surface area contributed by atoms with Gasteiger partial charge in [0.25, 0.3) is 0 Å². The van der Waals surface area contributed by atoms with Gasteiger partial charge >= 0.3 is 0 Å². The van der Waals surface area contributed by atoms with E-state index in [1.165, 1.54) is 6.42 Å². The van der Waals surface area contributed by atoms with Crippen LogP contribution in [0, 0.1) is 11.3 Å². The van der Waals surface area contributed by atoms with E-state index < -0.39 is 0 Å². The number of fused-ring (bicyclic) bond motifs is 1. The summed E-state index contributed by atoms with van der Waals surface area (Å²) in [6.07, 6.45) is 7.69. The molecule has 0 N–H and O–H groups in total. The molecule has 3 aliphatic rings. The van der Waals surface area contributed by atoms with Crippen LogP contribution in [0.25, 0.3) is 0 Å². The maximum absolute atomic E-state index is 2.35. The van der Waals surface area contributed by atoms with E-state index in [4.69, 9.17) is 0 Å². The van der Waals surface area contributed by atoms with Gasteiger partial charge in [-0.2, -0.15) is 0 Å². The highest BCUT2D eigenvalue weighted by Gasteiger charge is 2.48. The van der Waals surface area contributed by atoms with Crippen molar-refractivity contribution >= 4 is 0 Å². The van der Waals surface area contributed by atoms with Gasteiger partial charge < -0.3 is 0 Å². The lowest BCUT2D eigenvalue weighted by Crippen LogP contribution is -2.26. The average Bonchev–Trinajstić information content (AvgIpc) is 2.17. The van der Waals surface area contributed by atoms with Gasteiger partial charge in [-0.25, -0.2) is 0 Å². The van der Waals surface area contributed by atoms with Gasteiger partial charge in [0.15, 0.2) is 0 Å². The molecule has 3 aliphatic carbocycles. The second-order valence-electron chi connectivity index (χ2n) is 3.67. The summed E-state index contributed by atoms with van der Waals surface area (Å²) in [4.78, 5) is 0. The second kappa shape index (κ2) is 1.29. The van der Waals surface area contributed by atoms with Crippen molar-refractivity contribution in [1.82, 2.24) is 0 Å². The minimum absolute atomic E-state index is 0.880. The molecule has 0 radical (unpaired) electrons. The third kappa shape index (κ3) is 0.416. The van der Waals surface area contributed by atoms with Gasteiger partial charge in [0.1, 0.15) is 0 Å². The summed E-state index contributed by atoms with van der Waals surface area (Å²) in [6, 6.07) is 0. The average molecular weight is 110 g/mol. The molecule has 3 saturated carbocycles. The summed E-state index contributed by atoms with van der Waals surface area (Å²) in [5, 5.41) is 0. The summed E-state index contributed by atoms with van der Waals surface area (Å²) in [7, 11) is 0. The van der Waals surface area contributed by atoms with E-state index in [1.54, 1.807) is 25.7 Å². The molecule has 0 nitrogen and oxygen atoms in total. The van der Waals surface area contributed by atoms with Crippen molar-refractivity contribution in [2.75, 3.05) is 0 Å². The molecule has 0 atom stereocenters. The van der Waals surface area contributed by atoms with E-state index in [0.717, 1.165) is 11.3 Å². The Morgan fingerprint density at radius 2 is 2.25 bits per heavy atom. The molecule has 0 heteroatoms. The van der Waals surface area contributed by atoms with Crippen LogP contribution >= 0.6 is 0 Å². The summed E-state index contributed by atoms with van der Waals surface area (Å²) >= 11 is 0. The molecule has 2 bridgehead atoms. The highest BCUT2D eigenvalue weighted by molar-refractivity contribution is 4.99. The molecule has 3 rings (SSSR count). The van der Waals surface area contributed by atoms with Crippen molar-refractivity contribution in [3.63, 3.8) is 0 Å². The Morgan fingerprint density at radius 1 is 1.50 bits per heavy atom. The largest absolute Gasteiger partial charge is 0.0649 e. The fourth-order valence-electron chi connectivity index (χ4n) is 2.55. The molecule has 8 heavy (non-hydrogen) atoms. The predicted molar refractivity (Wildman–Crippen MR) is 34.7 cm³/mol. The highest BCUT2D eigenvalue weighted by atomic mass is 14.5. The van der Waals surface area contributed by atoms with Gasteiger partial charge in [-0.15, -0.1) is 0 Å². The van der Waals surface area contributed by atoms with Gasteiger partial charge in [0.2, 0.25) is 0 Å². The number of hydrogen-bond donors (Lipinski definition) is 0. The van der Waals surface area contributed by atoms with Crippen molar-refractivity contribution in [3.05, 3.63) is 0 Å². The standard InChI is InChI=1S/C8H14/c1-2-8-4-3-7(5-8)6-8/h7H,2-6H2,1H3. The first-order chi connectivity index (χ1) is 3.85. The molecule has 0 aromatic rings. The van der Waals surface area contributed by atoms with E-state index in [0.29, 0.717) is 0 Å². The van der Waals surface area contributed by atoms with E-state index in [1.807, 2.05) is 0 Å². The molecule has 0 aromatic heterocycles. The lowest BCUT2D eigenvalue weighted by Gasteiger charge is -2.37. The lowest BCUT2D eigenvalue weighted by atomic mass is 9.68. The lowest BCUT2D eigenvalue weighted by molar-refractivity contribution is 0.139. The van der Waals surface area contributed by atoms with Crippen LogP contribution in [-0.4, -0.2) is 0 Å². The maximum Gasteiger partial charge on any atom is -0.0295 e. The Bertz CT molecular complexity index is 93.1. The molecule has 0 amide bonds. The normalized spacial score (nSPS) is 51.4. The van der Waals surface area contributed by atoms with Crippen LogP contribution in [-0.2, 0) is 0 Å². The van der Waals surface area contributed by atoms with Gasteiger partial charge in [-0.05, 0) is 37.0 Å². The Balaban J connectivity index is 2.09. The molecule has 0 unspecified atom stereocenters. The molecular weight excluding hydrogens is 96.1 g/mol. The van der Waals surface area contributed by atoms with Crippen LogP contribution in [0.2, 0.25) is 0 Å². The summed E-state index contributed by atoms with van der Waals surface area (Å²) < 4.78 is 0. The molecule has 0 aromatic carbocycles. The second-order valence-corrected chi connectivity index (χ2v) is 3.67. The van der Waals surface area contributed by atoms with Crippen LogP contribution in [0.15, 0.2) is 0 Å². The smallest absolute Gasteiger partial charge is 0.0295 e. The summed E-state index contributed by atoms with van der Waals surface area (Å²) in [5.74, 6) is 1.16. The van der Waals surface area contributed by atoms with Crippen molar-refractivity contribution in [3.8, 4) is 0 Å². The fraction of sp³-hybridized carbons (Fsp3) is 1.00. The third-order valence-corrected chi connectivity index (χ3v) is 3.28. The Kier molecular flexibility index (Phi) is 0.778. The maximum atomic E-state index is 2.35. The van der Waals surface area contributed by atoms with E-state index in [2.05, 4.69) is 6.92 Å². The first kappa shape index (κ1) is 4.84. The number of hydrogen-bond acceptors (Lipinski definition) is 0. The zero-order valence-electron chi connectivity index (χ0n) is 5.61.